The molecule has 0 radical (unpaired) electrons. The second kappa shape index (κ2) is 18.9. The number of para-hydroxylation sites is 4. The van der Waals surface area contributed by atoms with Gasteiger partial charge in [-0.25, -0.2) is 0 Å². The lowest BCUT2D eigenvalue weighted by Crippen LogP contribution is -2.58. The first kappa shape index (κ1) is 49.4. The average Bonchev–Trinajstić information content (AvgIpc) is 1.49. The van der Waals surface area contributed by atoms with Crippen LogP contribution in [0.25, 0.3) is 129 Å². The lowest BCUT2D eigenvalue weighted by molar-refractivity contribution is 0.550. The Labute approximate surface area is 519 Å². The maximum Gasteiger partial charge on any atom is 0.151 e. The van der Waals surface area contributed by atoms with Gasteiger partial charge in [-0.05, 0) is 202 Å². The molecule has 2 heterocycles. The van der Waals surface area contributed by atoms with Gasteiger partial charge in [-0.15, -0.1) is 0 Å². The van der Waals surface area contributed by atoms with Crippen LogP contribution in [0.5, 0.6) is 0 Å². The fraction of sp³-hybridized carbons (Fsp3) is 0.0233. The second-order valence-corrected chi connectivity index (χ2v) is 24.6. The predicted octanol–water partition coefficient (Wildman–Crippen LogP) is 23.5. The lowest BCUT2D eigenvalue weighted by Gasteiger charge is -2.45. The van der Waals surface area contributed by atoms with Crippen molar-refractivity contribution in [3.63, 3.8) is 0 Å². The van der Waals surface area contributed by atoms with Crippen molar-refractivity contribution in [3.8, 4) is 0 Å². The minimum Gasteiger partial charge on any atom is -0.314 e. The van der Waals surface area contributed by atoms with Crippen molar-refractivity contribution in [1.29, 1.82) is 0 Å². The van der Waals surface area contributed by atoms with E-state index in [2.05, 4.69) is 335 Å². The molecule has 90 heavy (non-hydrogen) atoms. The molecule has 0 atom stereocenters. The summed E-state index contributed by atoms with van der Waals surface area (Å²) in [6, 6.07) is 119. The zero-order valence-electron chi connectivity index (χ0n) is 49.0. The van der Waals surface area contributed by atoms with E-state index in [-0.39, 0.29) is 0 Å². The largest absolute Gasteiger partial charge is 0.314 e. The minimum absolute atomic E-state index is 0.420. The van der Waals surface area contributed by atoms with Gasteiger partial charge in [0.2, 0.25) is 0 Å². The summed E-state index contributed by atoms with van der Waals surface area (Å²) in [6.45, 7) is 0. The molecule has 4 nitrogen and oxygen atoms in total. The molecule has 2 aliphatic heterocycles. The molecule has 418 valence electrons. The number of anilines is 8. The Kier molecular flexibility index (Phi) is 10.4. The third kappa shape index (κ3) is 6.90. The molecule has 0 fully saturated rings. The summed E-state index contributed by atoms with van der Waals surface area (Å²) in [4.78, 5) is 10.7. The quantitative estimate of drug-likeness (QED) is 0.159. The van der Waals surface area contributed by atoms with Crippen molar-refractivity contribution in [3.05, 3.63) is 315 Å². The fourth-order valence-corrected chi connectivity index (χ4v) is 16.4. The molecule has 0 bridgehead atoms. The van der Waals surface area contributed by atoms with Crippen LogP contribution in [-0.4, -0.2) is 12.3 Å². The molecule has 0 N–H and O–H groups in total. The third-order valence-electron chi connectivity index (χ3n) is 20.2. The van der Waals surface area contributed by atoms with E-state index in [1.54, 1.807) is 0 Å². The Morgan fingerprint density at radius 2 is 0.267 bits per heavy atom. The highest BCUT2D eigenvalue weighted by molar-refractivity contribution is 6.30. The summed E-state index contributed by atoms with van der Waals surface area (Å²) in [5, 5.41) is 30.0. The molecule has 0 spiro atoms. The van der Waals surface area contributed by atoms with Crippen LogP contribution < -0.4 is 19.6 Å². The van der Waals surface area contributed by atoms with Gasteiger partial charge in [-0.2, -0.15) is 0 Å². The van der Waals surface area contributed by atoms with E-state index in [4.69, 9.17) is 0 Å². The molecular formula is C86H54N4. The number of fused-ring (bicyclic) bond motifs is 26. The van der Waals surface area contributed by atoms with Gasteiger partial charge in [0.15, 0.2) is 12.3 Å². The molecule has 0 saturated carbocycles. The highest BCUT2D eigenvalue weighted by Gasteiger charge is 2.52. The molecule has 0 saturated heterocycles. The minimum atomic E-state index is -0.420. The Morgan fingerprint density at radius 1 is 0.133 bits per heavy atom. The van der Waals surface area contributed by atoms with Crippen LogP contribution in [0.4, 0.5) is 45.5 Å². The van der Waals surface area contributed by atoms with Gasteiger partial charge in [0.05, 0.1) is 22.7 Å². The fourth-order valence-electron chi connectivity index (χ4n) is 16.4. The number of nitrogens with zero attached hydrogens (tertiary/aromatic N) is 4. The van der Waals surface area contributed by atoms with E-state index in [0.717, 1.165) is 45.5 Å². The van der Waals surface area contributed by atoms with Gasteiger partial charge in [0, 0.05) is 22.7 Å². The van der Waals surface area contributed by atoms with E-state index in [1.165, 1.54) is 129 Å². The molecular weight excluding hydrogens is 1090 g/mol. The lowest BCUT2D eigenvalue weighted by atomic mass is 9.93. The predicted molar refractivity (Wildman–Crippen MR) is 385 cm³/mol. The van der Waals surface area contributed by atoms with Crippen molar-refractivity contribution in [2.75, 3.05) is 19.6 Å². The molecule has 18 aromatic rings. The van der Waals surface area contributed by atoms with Crippen molar-refractivity contribution in [1.82, 2.24) is 0 Å². The third-order valence-corrected chi connectivity index (χ3v) is 20.2. The highest BCUT2D eigenvalue weighted by Crippen LogP contribution is 2.58. The van der Waals surface area contributed by atoms with Crippen molar-refractivity contribution >= 4 is 175 Å². The van der Waals surface area contributed by atoms with Crippen LogP contribution in [-0.2, 0) is 0 Å². The first-order valence-electron chi connectivity index (χ1n) is 31.4. The zero-order chi connectivity index (χ0) is 58.7. The number of rotatable bonds is 5. The summed E-state index contributed by atoms with van der Waals surface area (Å²) in [6.07, 6.45) is -0.840. The summed E-state index contributed by atoms with van der Waals surface area (Å²) < 4.78 is 0. The maximum absolute atomic E-state index is 2.69. The summed E-state index contributed by atoms with van der Waals surface area (Å²) in [5.74, 6) is 0. The number of benzene rings is 18. The van der Waals surface area contributed by atoms with Crippen LogP contribution >= 0.6 is 0 Å². The van der Waals surface area contributed by atoms with E-state index < -0.39 is 12.3 Å². The molecule has 0 aliphatic carbocycles. The van der Waals surface area contributed by atoms with Crippen molar-refractivity contribution < 1.29 is 0 Å². The van der Waals surface area contributed by atoms with Gasteiger partial charge < -0.3 is 19.6 Å². The van der Waals surface area contributed by atoms with E-state index in [0.29, 0.717) is 0 Å². The molecule has 4 heteroatoms. The summed E-state index contributed by atoms with van der Waals surface area (Å²) in [5.41, 5.74) is 9.00. The Bertz CT molecular complexity index is 5240. The Balaban J connectivity index is 0.915. The van der Waals surface area contributed by atoms with Gasteiger partial charge in [-0.1, -0.05) is 243 Å². The van der Waals surface area contributed by atoms with E-state index in [1.807, 2.05) is 0 Å². The Hall–Kier alpha value is -11.7. The molecule has 0 amide bonds. The van der Waals surface area contributed by atoms with Crippen molar-refractivity contribution in [2.24, 2.45) is 0 Å². The Morgan fingerprint density at radius 3 is 0.433 bits per heavy atom. The van der Waals surface area contributed by atoms with Gasteiger partial charge >= 0.3 is 0 Å². The van der Waals surface area contributed by atoms with Gasteiger partial charge in [0.1, 0.15) is 0 Å². The van der Waals surface area contributed by atoms with Crippen LogP contribution in [0.2, 0.25) is 0 Å². The first-order chi connectivity index (χ1) is 44.7. The number of hydrogen-bond donors (Lipinski definition) is 0. The van der Waals surface area contributed by atoms with Crippen LogP contribution in [0.15, 0.2) is 315 Å². The van der Waals surface area contributed by atoms with E-state index in [9.17, 15) is 0 Å². The first-order valence-corrected chi connectivity index (χ1v) is 31.4. The van der Waals surface area contributed by atoms with Crippen molar-refractivity contribution in [2.45, 2.75) is 12.3 Å². The van der Waals surface area contributed by atoms with Gasteiger partial charge in [-0.3, -0.25) is 0 Å². The summed E-state index contributed by atoms with van der Waals surface area (Å²) >= 11 is 0. The standard InChI is InChI=1S/C86H54N4/c1-5-29-65-57(21-1)61-25-9-13-33-69(61)77-49-53(41-45-73(65)77)87-81-37-17-18-38-82(81)88(54-42-46-74-66-30-6-2-22-58(66)62-26-10-14-34-70(62)78(74)50-54)85(87)86-89(55-43-47-75-67-31-7-3-23-59(67)63-27-11-15-35-71(63)79(75)51-55)83-39-19-20-40-84(83)90(86)56-44-48-76-68-32-8-4-24-60(68)64-28-12-16-36-72(64)80(76)52-56/h1-52,85-86H. The molecule has 18 aromatic carbocycles. The highest BCUT2D eigenvalue weighted by atomic mass is 15.5. The SMILES string of the molecule is c1ccc2c(c1)N(c1ccc3c4ccccc4c4ccccc4c3c1)C(C1N(c3ccc4c5ccccc5c5ccccc5c4c3)c3ccccc3N1c1ccc3c4ccccc4c4ccccc4c3c1)N2c1ccc2c3ccccc3c3ccccc3c2c1. The normalized spacial score (nSPS) is 13.8. The molecule has 2 aliphatic rings. The second-order valence-electron chi connectivity index (χ2n) is 24.6. The van der Waals surface area contributed by atoms with Crippen LogP contribution in [0, 0.1) is 0 Å². The zero-order valence-corrected chi connectivity index (χ0v) is 49.0. The molecule has 0 aromatic heterocycles. The average molecular weight is 1140 g/mol. The topological polar surface area (TPSA) is 13.0 Å². The van der Waals surface area contributed by atoms with Gasteiger partial charge in [0.25, 0.3) is 0 Å². The smallest absolute Gasteiger partial charge is 0.151 e. The molecule has 20 rings (SSSR count). The molecule has 0 unspecified atom stereocenters. The number of hydrogen-bond acceptors (Lipinski definition) is 4. The van der Waals surface area contributed by atoms with E-state index >= 15 is 0 Å². The maximum atomic E-state index is 2.69. The van der Waals surface area contributed by atoms with Crippen LogP contribution in [0.1, 0.15) is 0 Å². The van der Waals surface area contributed by atoms with Crippen LogP contribution in [0.3, 0.4) is 0 Å². The summed E-state index contributed by atoms with van der Waals surface area (Å²) in [7, 11) is 0. The monoisotopic (exact) mass is 1140 g/mol.